The van der Waals surface area contributed by atoms with Crippen molar-refractivity contribution in [1.82, 2.24) is 0 Å². The molecule has 0 amide bonds. The Labute approximate surface area is 222 Å². The molecule has 1 heterocycles. The summed E-state index contributed by atoms with van der Waals surface area (Å²) >= 11 is 0. The predicted molar refractivity (Wildman–Crippen MR) is 160 cm³/mol. The standard InChI is InChI=1S/C34H28NO2P/c1-23(25-11-3-4-12-25)35(24(2)26-13-5-6-14-26)38-36-31-21-19-27-15-7-9-17-29(27)33(31)34-30-18-10-8-16-28(30)20-22-32(34)37-38/h3-24H,1-2H3/q-2/t23-,24-/m1/s1. The Morgan fingerprint density at radius 3 is 1.84 bits per heavy atom. The first-order valence-corrected chi connectivity index (χ1v) is 14.2. The van der Waals surface area contributed by atoms with Crippen molar-refractivity contribution in [3.8, 4) is 0 Å². The molecule has 4 heteroatoms. The zero-order valence-corrected chi connectivity index (χ0v) is 22.3. The van der Waals surface area contributed by atoms with Crippen molar-refractivity contribution in [2.24, 2.45) is 0 Å². The molecule has 0 unspecified atom stereocenters. The number of benzene rings is 4. The van der Waals surface area contributed by atoms with Crippen LogP contribution in [-0.2, 0) is 0 Å². The molecular weight excluding hydrogens is 485 g/mol. The number of hydrogen-bond donors (Lipinski definition) is 0. The van der Waals surface area contributed by atoms with E-state index in [-0.39, 0.29) is 12.1 Å². The van der Waals surface area contributed by atoms with Gasteiger partial charge < -0.3 is 8.39 Å². The second-order valence-electron chi connectivity index (χ2n) is 9.91. The average molecular weight is 514 g/mol. The van der Waals surface area contributed by atoms with E-state index in [4.69, 9.17) is 8.39 Å². The topological polar surface area (TPSA) is 29.5 Å². The molecule has 2 atom stereocenters. The fourth-order valence-corrected chi connectivity index (χ4v) is 7.41. The van der Waals surface area contributed by atoms with E-state index in [1.807, 2.05) is 0 Å². The molecule has 0 aliphatic carbocycles. The highest BCUT2D eigenvalue weighted by molar-refractivity contribution is 7.39. The van der Waals surface area contributed by atoms with Crippen molar-refractivity contribution in [2.45, 2.75) is 25.9 Å². The molecule has 0 radical (unpaired) electrons. The third-order valence-electron chi connectivity index (χ3n) is 7.71. The van der Waals surface area contributed by atoms with Crippen molar-refractivity contribution in [1.29, 1.82) is 0 Å². The van der Waals surface area contributed by atoms with Crippen LogP contribution in [0.2, 0.25) is 0 Å². The smallest absolute Gasteiger partial charge is 0.309 e. The lowest BCUT2D eigenvalue weighted by Gasteiger charge is -2.35. The SMILES string of the molecule is C[C@H](c1cc[cH-]c1)N([C@H](C)c1ccc[cH-]1)p1oc2ccc3ccccc3c2c2c(ccc3ccccc32)o1. The summed E-state index contributed by atoms with van der Waals surface area (Å²) in [6.07, 6.45) is 0. The van der Waals surface area contributed by atoms with Gasteiger partial charge >= 0.3 is 8.16 Å². The quantitative estimate of drug-likeness (QED) is 0.214. The Kier molecular flexibility index (Phi) is 5.69. The van der Waals surface area contributed by atoms with Gasteiger partial charge in [0.05, 0.1) is 0 Å². The Balaban J connectivity index is 1.61. The summed E-state index contributed by atoms with van der Waals surface area (Å²) < 4.78 is 16.3. The fraction of sp³-hybridized carbons (Fsp3) is 0.118. The molecule has 38 heavy (non-hydrogen) atoms. The normalized spacial score (nSPS) is 13.6. The summed E-state index contributed by atoms with van der Waals surface area (Å²) in [7, 11) is -1.50. The van der Waals surface area contributed by atoms with Gasteiger partial charge in [-0.25, -0.2) is 22.9 Å². The molecule has 3 nitrogen and oxygen atoms in total. The zero-order chi connectivity index (χ0) is 25.6. The summed E-state index contributed by atoms with van der Waals surface area (Å²) in [5.41, 5.74) is 4.22. The van der Waals surface area contributed by atoms with Crippen molar-refractivity contribution in [2.75, 3.05) is 4.67 Å². The molecule has 0 aliphatic rings. The van der Waals surface area contributed by atoms with Crippen LogP contribution in [0.4, 0.5) is 0 Å². The van der Waals surface area contributed by atoms with Gasteiger partial charge in [0.1, 0.15) is 11.2 Å². The van der Waals surface area contributed by atoms with Crippen LogP contribution in [0.3, 0.4) is 0 Å². The highest BCUT2D eigenvalue weighted by Gasteiger charge is 2.26. The molecule has 0 bridgehead atoms. The van der Waals surface area contributed by atoms with Gasteiger partial charge in [-0.3, -0.25) is 0 Å². The van der Waals surface area contributed by atoms with Gasteiger partial charge in [0.25, 0.3) is 0 Å². The molecule has 0 saturated carbocycles. The molecule has 0 aliphatic heterocycles. The molecule has 0 spiro atoms. The third-order valence-corrected chi connectivity index (χ3v) is 9.48. The fourth-order valence-electron chi connectivity index (χ4n) is 5.71. The van der Waals surface area contributed by atoms with Crippen LogP contribution < -0.4 is 4.67 Å². The minimum atomic E-state index is -1.50. The van der Waals surface area contributed by atoms with Crippen molar-refractivity contribution < 1.29 is 8.39 Å². The summed E-state index contributed by atoms with van der Waals surface area (Å²) in [6, 6.07) is 42.9. The molecule has 1 aromatic heterocycles. The van der Waals surface area contributed by atoms with Crippen LogP contribution in [-0.4, -0.2) is 0 Å². The van der Waals surface area contributed by atoms with Crippen LogP contribution in [0.1, 0.15) is 37.1 Å². The van der Waals surface area contributed by atoms with E-state index in [1.165, 1.54) is 32.7 Å². The van der Waals surface area contributed by atoms with Gasteiger partial charge in [0, 0.05) is 16.8 Å². The third kappa shape index (κ3) is 3.79. The molecular formula is C34H28NO2P-2. The maximum absolute atomic E-state index is 6.97. The number of nitrogens with zero attached hydrogens (tertiary/aromatic N) is 1. The van der Waals surface area contributed by atoms with Crippen molar-refractivity contribution >= 4 is 51.6 Å². The first-order chi connectivity index (χ1) is 18.7. The Morgan fingerprint density at radius 2 is 1.29 bits per heavy atom. The molecule has 7 rings (SSSR count). The lowest BCUT2D eigenvalue weighted by atomic mass is 9.99. The monoisotopic (exact) mass is 513 g/mol. The number of fused-ring (bicyclic) bond motifs is 7. The first-order valence-electron chi connectivity index (χ1n) is 13.1. The van der Waals surface area contributed by atoms with E-state index in [9.17, 15) is 0 Å². The minimum absolute atomic E-state index is 0.0897. The largest absolute Gasteiger partial charge is 0.408 e. The van der Waals surface area contributed by atoms with Crippen molar-refractivity contribution in [3.05, 3.63) is 132 Å². The minimum Gasteiger partial charge on any atom is -0.408 e. The maximum atomic E-state index is 6.97. The van der Waals surface area contributed by atoms with E-state index in [0.717, 1.165) is 21.9 Å². The Bertz CT molecular complexity index is 1780. The van der Waals surface area contributed by atoms with Crippen LogP contribution in [0.15, 0.2) is 130 Å². The van der Waals surface area contributed by atoms with Crippen LogP contribution in [0, 0.1) is 0 Å². The molecule has 0 saturated heterocycles. The number of hydrogen-bond acceptors (Lipinski definition) is 3. The molecule has 7 aromatic rings. The highest BCUT2D eigenvalue weighted by atomic mass is 31.1. The lowest BCUT2D eigenvalue weighted by molar-refractivity contribution is 0.559. The summed E-state index contributed by atoms with van der Waals surface area (Å²) in [5.74, 6) is 0. The first kappa shape index (κ1) is 23.1. The second-order valence-corrected chi connectivity index (χ2v) is 11.2. The van der Waals surface area contributed by atoms with Crippen LogP contribution in [0.25, 0.3) is 43.5 Å². The lowest BCUT2D eigenvalue weighted by Crippen LogP contribution is -2.26. The van der Waals surface area contributed by atoms with Crippen LogP contribution in [0.5, 0.6) is 0 Å². The van der Waals surface area contributed by atoms with Crippen molar-refractivity contribution in [3.63, 3.8) is 0 Å². The molecule has 188 valence electrons. The van der Waals surface area contributed by atoms with E-state index in [0.29, 0.717) is 0 Å². The summed E-state index contributed by atoms with van der Waals surface area (Å²) in [4.78, 5) is 0. The molecule has 0 N–H and O–H groups in total. The second kappa shape index (κ2) is 9.36. The van der Waals surface area contributed by atoms with Gasteiger partial charge in [-0.1, -0.05) is 67.6 Å². The van der Waals surface area contributed by atoms with E-state index in [1.54, 1.807) is 0 Å². The Hall–Kier alpha value is -4.04. The summed E-state index contributed by atoms with van der Waals surface area (Å²) in [5, 5.41) is 6.91. The van der Waals surface area contributed by atoms with Gasteiger partial charge in [0.15, 0.2) is 0 Å². The van der Waals surface area contributed by atoms with Crippen LogP contribution >= 0.6 is 8.16 Å². The zero-order valence-electron chi connectivity index (χ0n) is 21.4. The van der Waals surface area contributed by atoms with Gasteiger partial charge in [-0.15, -0.1) is 0 Å². The Morgan fingerprint density at radius 1 is 0.658 bits per heavy atom. The van der Waals surface area contributed by atoms with E-state index in [2.05, 4.69) is 140 Å². The van der Waals surface area contributed by atoms with Gasteiger partial charge in [-0.05, 0) is 46.6 Å². The molecule has 6 aromatic carbocycles. The van der Waals surface area contributed by atoms with Gasteiger partial charge in [0.2, 0.25) is 0 Å². The number of rotatable bonds is 5. The van der Waals surface area contributed by atoms with E-state index >= 15 is 0 Å². The average Bonchev–Trinajstić information content (AvgIpc) is 3.66. The highest BCUT2D eigenvalue weighted by Crippen LogP contribution is 2.47. The molecule has 0 fully saturated rings. The predicted octanol–water partition coefficient (Wildman–Crippen LogP) is 10.5. The summed E-state index contributed by atoms with van der Waals surface area (Å²) in [6.45, 7) is 4.49. The maximum Gasteiger partial charge on any atom is 0.309 e. The van der Waals surface area contributed by atoms with Gasteiger partial charge in [-0.2, -0.15) is 41.5 Å². The van der Waals surface area contributed by atoms with E-state index < -0.39 is 8.16 Å².